The number of aliphatic hydroxyl groups is 1. The number of esters is 1. The molecule has 0 radical (unpaired) electrons. The van der Waals surface area contributed by atoms with Crippen LogP contribution in [-0.4, -0.2) is 96.3 Å². The highest BCUT2D eigenvalue weighted by atomic mass is 16.6. The Morgan fingerprint density at radius 2 is 1.37 bits per heavy atom. The van der Waals surface area contributed by atoms with E-state index in [9.17, 15) is 19.2 Å². The van der Waals surface area contributed by atoms with E-state index in [1.165, 1.54) is 0 Å². The molecule has 4 aliphatic heterocycles. The molecular weight excluding hydrogens is 1090 g/mol. The van der Waals surface area contributed by atoms with Gasteiger partial charge in [-0.15, -0.1) is 0 Å². The van der Waals surface area contributed by atoms with Crippen molar-refractivity contribution in [1.82, 2.24) is 24.3 Å². The molecule has 452 valence electrons. The lowest BCUT2D eigenvalue weighted by molar-refractivity contribution is -0.173. The molecule has 1 fully saturated rings. The van der Waals surface area contributed by atoms with Gasteiger partial charge in [0.1, 0.15) is 42.7 Å². The average Bonchev–Trinajstić information content (AvgIpc) is 2.04. The van der Waals surface area contributed by atoms with E-state index in [-0.39, 0.29) is 42.5 Å². The van der Waals surface area contributed by atoms with Crippen LogP contribution in [0.1, 0.15) is 148 Å². The minimum absolute atomic E-state index is 0.0716. The lowest BCUT2D eigenvalue weighted by Gasteiger charge is -2.39. The summed E-state index contributed by atoms with van der Waals surface area (Å²) in [5, 5.41) is 16.4. The molecule has 0 aliphatic carbocycles. The van der Waals surface area contributed by atoms with Gasteiger partial charge in [-0.25, -0.2) is 14.6 Å². The van der Waals surface area contributed by atoms with E-state index >= 15 is 0 Å². The molecule has 17 nitrogen and oxygen atoms in total. The van der Waals surface area contributed by atoms with Crippen LogP contribution in [0.25, 0.3) is 22.3 Å². The number of aryl methyl sites for hydroxylation is 1. The van der Waals surface area contributed by atoms with Crippen LogP contribution in [0.15, 0.2) is 120 Å². The average molecular weight is 1170 g/mol. The van der Waals surface area contributed by atoms with Crippen molar-refractivity contribution in [2.45, 2.75) is 151 Å². The monoisotopic (exact) mass is 1170 g/mol. The number of ether oxygens (including phenoxy) is 5. The van der Waals surface area contributed by atoms with Gasteiger partial charge in [-0.2, -0.15) is 0 Å². The summed E-state index contributed by atoms with van der Waals surface area (Å²) in [5.41, 5.74) is 8.48. The normalized spacial score (nSPS) is 16.1. The molecule has 4 aliphatic rings. The molecule has 0 saturated carbocycles. The maximum atomic E-state index is 14.7. The number of piperazine rings is 1. The highest BCUT2D eigenvalue weighted by Crippen LogP contribution is 2.44. The molecule has 11 rings (SSSR count). The second-order valence-electron chi connectivity index (χ2n) is 24.5. The summed E-state index contributed by atoms with van der Waals surface area (Å²) >= 11 is 0. The van der Waals surface area contributed by atoms with Crippen molar-refractivity contribution in [3.8, 4) is 28.6 Å². The van der Waals surface area contributed by atoms with Crippen LogP contribution in [0.2, 0.25) is 0 Å². The molecule has 7 aromatic rings. The molecule has 5 aromatic carbocycles. The Morgan fingerprint density at radius 3 is 1.98 bits per heavy atom. The zero-order valence-corrected chi connectivity index (χ0v) is 51.0. The first-order valence-electron chi connectivity index (χ1n) is 29.5. The number of fused-ring (bicyclic) bond motifs is 6. The maximum absolute atomic E-state index is 14.7. The van der Waals surface area contributed by atoms with E-state index in [2.05, 4.69) is 43.9 Å². The SMILES string of the molecule is CC(C)(C)O.CCc1c2c(nc3ccc(OC(C)(C)C)cc13)-c1cc3c(c(=O)n1C2)COC(=O)C3(CC)OC(=O)N1CCN(Cc2ccc3c(c2)CN(C(=O)c2cc(C(C)C)c(OCc4ccccc4)cc2OCc2ccccc2)C3)CC1.O=CO. The standard InChI is InChI=1S/C64H67N5O9.C4H10O.CH2O2/c1-8-47-49-29-46(77-63(5,6)7)22-23-54(49)65-58-51(47)36-69-55(58)31-53-52(60(69)71)39-76-61(72)64(53,9-2)78-62(73)67-26-24-66(25-27-67)33-43-20-21-44-34-68(35-45(44)28-43)59(70)50-30-48(40(3)4)56(74-37-41-16-12-10-13-17-41)32-57(50)75-38-42-18-14-11-15-19-42;1-4(2,3)5;2-1-3/h10-23,28-32,40H,8-9,24-27,33-39H2,1-7H3;5H,1-3H3;1H,(H,2,3). The first-order chi connectivity index (χ1) is 41.0. The van der Waals surface area contributed by atoms with Crippen molar-refractivity contribution in [3.63, 3.8) is 0 Å². The number of cyclic esters (lactones) is 1. The molecule has 86 heavy (non-hydrogen) atoms. The van der Waals surface area contributed by atoms with Gasteiger partial charge in [0.15, 0.2) is 0 Å². The Bertz CT molecular complexity index is 3690. The maximum Gasteiger partial charge on any atom is 0.411 e. The van der Waals surface area contributed by atoms with Gasteiger partial charge >= 0.3 is 12.1 Å². The fraction of sp³-hybridized carbons (Fsp3) is 0.391. The summed E-state index contributed by atoms with van der Waals surface area (Å²) in [6.45, 7) is 23.3. The van der Waals surface area contributed by atoms with E-state index in [0.717, 1.165) is 61.2 Å². The Morgan fingerprint density at radius 1 is 0.744 bits per heavy atom. The molecule has 2 amide bonds. The van der Waals surface area contributed by atoms with E-state index < -0.39 is 23.3 Å². The molecule has 0 spiro atoms. The first kappa shape index (κ1) is 62.0. The quantitative estimate of drug-likeness (QED) is 0.0769. The third-order valence-corrected chi connectivity index (χ3v) is 15.5. The van der Waals surface area contributed by atoms with Crippen molar-refractivity contribution < 1.29 is 53.1 Å². The van der Waals surface area contributed by atoms with Crippen LogP contribution in [0.5, 0.6) is 17.2 Å². The molecule has 6 heterocycles. The summed E-state index contributed by atoms with van der Waals surface area (Å²) in [4.78, 5) is 76.5. The van der Waals surface area contributed by atoms with Crippen molar-refractivity contribution >= 4 is 35.3 Å². The minimum Gasteiger partial charge on any atom is -0.488 e. The largest absolute Gasteiger partial charge is 0.488 e. The van der Waals surface area contributed by atoms with Crippen molar-refractivity contribution in [2.24, 2.45) is 0 Å². The van der Waals surface area contributed by atoms with Crippen molar-refractivity contribution in [2.75, 3.05) is 26.2 Å². The number of amides is 2. The third kappa shape index (κ3) is 13.9. The lowest BCUT2D eigenvalue weighted by Crippen LogP contribution is -2.53. The fourth-order valence-corrected chi connectivity index (χ4v) is 11.5. The summed E-state index contributed by atoms with van der Waals surface area (Å²) in [7, 11) is 0. The Balaban J connectivity index is 0.00000104. The molecule has 17 heteroatoms. The zero-order valence-electron chi connectivity index (χ0n) is 51.0. The van der Waals surface area contributed by atoms with Crippen LogP contribution >= 0.6 is 0 Å². The van der Waals surface area contributed by atoms with E-state index in [1.54, 1.807) is 37.2 Å². The number of pyridine rings is 2. The van der Waals surface area contributed by atoms with Gasteiger partial charge in [-0.05, 0) is 130 Å². The third-order valence-electron chi connectivity index (χ3n) is 15.5. The lowest BCUT2D eigenvalue weighted by atomic mass is 9.85. The van der Waals surface area contributed by atoms with Gasteiger partial charge < -0.3 is 48.3 Å². The van der Waals surface area contributed by atoms with E-state index in [1.807, 2.05) is 123 Å². The first-order valence-corrected chi connectivity index (χ1v) is 29.5. The van der Waals surface area contributed by atoms with Crippen LogP contribution in [-0.2, 0) is 77.1 Å². The van der Waals surface area contributed by atoms with Gasteiger partial charge in [-0.1, -0.05) is 107 Å². The minimum atomic E-state index is -1.82. The molecule has 1 unspecified atom stereocenters. The van der Waals surface area contributed by atoms with E-state index in [4.69, 9.17) is 43.7 Å². The van der Waals surface area contributed by atoms with Gasteiger partial charge in [0.2, 0.25) is 5.60 Å². The Kier molecular flexibility index (Phi) is 18.7. The fourth-order valence-electron chi connectivity index (χ4n) is 11.5. The number of benzene rings is 5. The number of rotatable bonds is 14. The highest BCUT2D eigenvalue weighted by molar-refractivity contribution is 5.98. The molecule has 0 bridgehead atoms. The van der Waals surface area contributed by atoms with E-state index in [0.29, 0.717) is 112 Å². The summed E-state index contributed by atoms with van der Waals surface area (Å²) in [6, 6.07) is 37.9. The molecular formula is C69H79N5O12. The number of carboxylic acid groups (broad SMARTS) is 1. The summed E-state index contributed by atoms with van der Waals surface area (Å²) < 4.78 is 32.8. The van der Waals surface area contributed by atoms with Crippen molar-refractivity contribution in [3.05, 3.63) is 187 Å². The second kappa shape index (κ2) is 26.0. The molecule has 1 atom stereocenters. The number of hydrogen-bond acceptors (Lipinski definition) is 13. The van der Waals surface area contributed by atoms with Gasteiger partial charge in [-0.3, -0.25) is 19.3 Å². The molecule has 1 saturated heterocycles. The van der Waals surface area contributed by atoms with Gasteiger partial charge in [0.05, 0.1) is 40.2 Å². The highest BCUT2D eigenvalue weighted by Gasteiger charge is 2.51. The van der Waals surface area contributed by atoms with Crippen LogP contribution in [0, 0.1) is 0 Å². The van der Waals surface area contributed by atoms with Crippen LogP contribution in [0.3, 0.4) is 0 Å². The summed E-state index contributed by atoms with van der Waals surface area (Å²) in [5.74, 6) is 1.20. The smallest absolute Gasteiger partial charge is 0.411 e. The number of hydrogen-bond donors (Lipinski definition) is 2. The number of carbonyl (C=O) groups excluding carboxylic acids is 3. The number of carbonyl (C=O) groups is 4. The molecule has 2 aromatic heterocycles. The van der Waals surface area contributed by atoms with Gasteiger partial charge in [0.25, 0.3) is 17.9 Å². The predicted molar refractivity (Wildman–Crippen MR) is 328 cm³/mol. The van der Waals surface area contributed by atoms with Gasteiger partial charge in [0, 0.05) is 68.4 Å². The predicted octanol–water partition coefficient (Wildman–Crippen LogP) is 11.7. The summed E-state index contributed by atoms with van der Waals surface area (Å²) in [6.07, 6.45) is 0.139. The second-order valence-corrected chi connectivity index (χ2v) is 24.5. The Hall–Kier alpha value is -8.54. The number of nitrogens with zero attached hydrogens (tertiary/aromatic N) is 5. The Labute approximate surface area is 503 Å². The number of aromatic nitrogens is 2. The van der Waals surface area contributed by atoms with Crippen LogP contribution < -0.4 is 19.8 Å². The van der Waals surface area contributed by atoms with Crippen LogP contribution in [0.4, 0.5) is 4.79 Å². The topological polar surface area (TPSA) is 199 Å². The molecule has 2 N–H and O–H groups in total. The van der Waals surface area contributed by atoms with Crippen molar-refractivity contribution in [1.29, 1.82) is 0 Å². The zero-order chi connectivity index (χ0) is 61.7.